The van der Waals surface area contributed by atoms with Crippen LogP contribution in [0.15, 0.2) is 18.2 Å². The van der Waals surface area contributed by atoms with Crippen LogP contribution in [0.3, 0.4) is 0 Å². The Bertz CT molecular complexity index is 540. The number of carbonyl (C=O) groups is 2. The number of amides is 2. The fraction of sp³-hybridized carbons (Fsp3) is 0.467. The van der Waals surface area contributed by atoms with Crippen LogP contribution in [0.1, 0.15) is 20.3 Å². The fourth-order valence-corrected chi connectivity index (χ4v) is 2.04. The summed E-state index contributed by atoms with van der Waals surface area (Å²) in [5, 5.41) is 4.97. The topological polar surface area (TPSA) is 58.2 Å². The smallest absolute Gasteiger partial charge is 0.228 e. The number of rotatable bonds is 5. The molecule has 114 valence electrons. The van der Waals surface area contributed by atoms with Gasteiger partial charge in [0.2, 0.25) is 11.8 Å². The maximum atomic E-state index is 13.4. The molecule has 2 N–H and O–H groups in total. The molecular weight excluding hydrogens is 278 g/mol. The van der Waals surface area contributed by atoms with Crippen LogP contribution >= 0.6 is 0 Å². The Morgan fingerprint density at radius 1 is 1.19 bits per heavy atom. The lowest BCUT2D eigenvalue weighted by Gasteiger charge is -2.08. The molecular formula is C15H18F2N2O2. The number of anilines is 1. The largest absolute Gasteiger partial charge is 0.356 e. The molecule has 2 rings (SSSR count). The van der Waals surface area contributed by atoms with Gasteiger partial charge in [-0.05, 0) is 24.5 Å². The summed E-state index contributed by atoms with van der Waals surface area (Å²) >= 11 is 0. The molecule has 6 heteroatoms. The van der Waals surface area contributed by atoms with Gasteiger partial charge >= 0.3 is 0 Å². The zero-order valence-electron chi connectivity index (χ0n) is 12.0. The summed E-state index contributed by atoms with van der Waals surface area (Å²) < 4.78 is 26.9. The molecule has 1 aliphatic rings. The second-order valence-corrected chi connectivity index (χ2v) is 5.67. The Balaban J connectivity index is 1.90. The molecule has 0 saturated heterocycles. The van der Waals surface area contributed by atoms with Gasteiger partial charge in [-0.2, -0.15) is 0 Å². The van der Waals surface area contributed by atoms with E-state index < -0.39 is 35.1 Å². The summed E-state index contributed by atoms with van der Waals surface area (Å²) in [6, 6.07) is 3.36. The number of hydrogen-bond acceptors (Lipinski definition) is 2. The van der Waals surface area contributed by atoms with Crippen LogP contribution in [0.4, 0.5) is 14.5 Å². The number of nitrogens with one attached hydrogen (secondary N) is 2. The minimum atomic E-state index is -0.829. The van der Waals surface area contributed by atoms with Crippen LogP contribution in [-0.2, 0) is 9.59 Å². The van der Waals surface area contributed by atoms with E-state index in [0.717, 1.165) is 12.1 Å². The van der Waals surface area contributed by atoms with Crippen LogP contribution in [0.25, 0.3) is 0 Å². The van der Waals surface area contributed by atoms with E-state index >= 15 is 0 Å². The van der Waals surface area contributed by atoms with E-state index in [2.05, 4.69) is 10.6 Å². The molecule has 0 aliphatic heterocycles. The molecule has 21 heavy (non-hydrogen) atoms. The van der Waals surface area contributed by atoms with Gasteiger partial charge in [-0.1, -0.05) is 19.9 Å². The highest BCUT2D eigenvalue weighted by molar-refractivity contribution is 5.99. The van der Waals surface area contributed by atoms with E-state index in [1.54, 1.807) is 0 Å². The molecule has 0 bridgehead atoms. The third-order valence-electron chi connectivity index (χ3n) is 3.36. The van der Waals surface area contributed by atoms with Gasteiger partial charge in [0.05, 0.1) is 11.8 Å². The summed E-state index contributed by atoms with van der Waals surface area (Å²) in [7, 11) is 0. The first kappa shape index (κ1) is 15.4. The predicted octanol–water partition coefficient (Wildman–Crippen LogP) is 2.31. The number of para-hydroxylation sites is 1. The van der Waals surface area contributed by atoms with Crippen molar-refractivity contribution in [2.45, 2.75) is 20.3 Å². The second kappa shape index (κ2) is 6.20. The van der Waals surface area contributed by atoms with E-state index in [-0.39, 0.29) is 5.91 Å². The van der Waals surface area contributed by atoms with E-state index in [4.69, 9.17) is 0 Å². The van der Waals surface area contributed by atoms with Gasteiger partial charge < -0.3 is 10.6 Å². The monoisotopic (exact) mass is 296 g/mol. The SMILES string of the molecule is CC(C)CNC(=O)C1CC1C(=O)Nc1c(F)cccc1F. The molecule has 1 aromatic rings. The van der Waals surface area contributed by atoms with Crippen molar-refractivity contribution in [3.8, 4) is 0 Å². The Hall–Kier alpha value is -1.98. The number of hydrogen-bond donors (Lipinski definition) is 2. The first-order valence-corrected chi connectivity index (χ1v) is 6.92. The first-order valence-electron chi connectivity index (χ1n) is 6.92. The van der Waals surface area contributed by atoms with Crippen molar-refractivity contribution in [3.05, 3.63) is 29.8 Å². The van der Waals surface area contributed by atoms with E-state index in [9.17, 15) is 18.4 Å². The van der Waals surface area contributed by atoms with Gasteiger partial charge in [0.15, 0.2) is 0 Å². The van der Waals surface area contributed by atoms with E-state index in [0.29, 0.717) is 18.9 Å². The van der Waals surface area contributed by atoms with Crippen molar-refractivity contribution in [2.24, 2.45) is 17.8 Å². The highest BCUT2D eigenvalue weighted by atomic mass is 19.1. The number of carbonyl (C=O) groups excluding carboxylic acids is 2. The maximum absolute atomic E-state index is 13.4. The molecule has 0 radical (unpaired) electrons. The first-order chi connectivity index (χ1) is 9.90. The van der Waals surface area contributed by atoms with Gasteiger partial charge in [-0.3, -0.25) is 9.59 Å². The minimum Gasteiger partial charge on any atom is -0.356 e. The van der Waals surface area contributed by atoms with Crippen LogP contribution in [-0.4, -0.2) is 18.4 Å². The van der Waals surface area contributed by atoms with Gasteiger partial charge in [-0.25, -0.2) is 8.78 Å². The molecule has 0 aromatic heterocycles. The number of benzene rings is 1. The highest BCUT2D eigenvalue weighted by Gasteiger charge is 2.48. The van der Waals surface area contributed by atoms with Crippen molar-refractivity contribution in [3.63, 3.8) is 0 Å². The molecule has 1 aromatic carbocycles. The van der Waals surface area contributed by atoms with Crippen LogP contribution in [0, 0.1) is 29.4 Å². The zero-order valence-corrected chi connectivity index (χ0v) is 12.0. The quantitative estimate of drug-likeness (QED) is 0.876. The molecule has 1 fully saturated rings. The van der Waals surface area contributed by atoms with Crippen molar-refractivity contribution in [1.82, 2.24) is 5.32 Å². The van der Waals surface area contributed by atoms with Crippen LogP contribution < -0.4 is 10.6 Å². The fourth-order valence-electron chi connectivity index (χ4n) is 2.04. The van der Waals surface area contributed by atoms with Crippen molar-refractivity contribution >= 4 is 17.5 Å². The molecule has 4 nitrogen and oxygen atoms in total. The predicted molar refractivity (Wildman–Crippen MR) is 74.4 cm³/mol. The average molecular weight is 296 g/mol. The van der Waals surface area contributed by atoms with Crippen LogP contribution in [0.5, 0.6) is 0 Å². The van der Waals surface area contributed by atoms with Crippen molar-refractivity contribution in [2.75, 3.05) is 11.9 Å². The van der Waals surface area contributed by atoms with Crippen molar-refractivity contribution in [1.29, 1.82) is 0 Å². The van der Waals surface area contributed by atoms with E-state index in [1.807, 2.05) is 13.8 Å². The standard InChI is InChI=1S/C15H18F2N2O2/c1-8(2)7-18-14(20)9-6-10(9)15(21)19-13-11(16)4-3-5-12(13)17/h3-5,8-10H,6-7H2,1-2H3,(H,18,20)(H,19,21). The van der Waals surface area contributed by atoms with E-state index in [1.165, 1.54) is 6.07 Å². The lowest BCUT2D eigenvalue weighted by molar-refractivity contribution is -0.125. The third-order valence-corrected chi connectivity index (χ3v) is 3.36. The van der Waals surface area contributed by atoms with Gasteiger partial charge in [0.25, 0.3) is 0 Å². The van der Waals surface area contributed by atoms with Gasteiger partial charge in [0.1, 0.15) is 17.3 Å². The highest BCUT2D eigenvalue weighted by Crippen LogP contribution is 2.39. The molecule has 1 aliphatic carbocycles. The minimum absolute atomic E-state index is 0.183. The Kier molecular flexibility index (Phi) is 4.55. The lowest BCUT2D eigenvalue weighted by atomic mass is 10.2. The normalized spacial score (nSPS) is 20.2. The summed E-state index contributed by atoms with van der Waals surface area (Å²) in [5.41, 5.74) is -0.462. The molecule has 0 spiro atoms. The molecule has 2 amide bonds. The molecule has 1 saturated carbocycles. The second-order valence-electron chi connectivity index (χ2n) is 5.67. The third kappa shape index (κ3) is 3.77. The lowest BCUT2D eigenvalue weighted by Crippen LogP contribution is -2.30. The average Bonchev–Trinajstić information content (AvgIpc) is 3.20. The Morgan fingerprint density at radius 3 is 2.33 bits per heavy atom. The zero-order chi connectivity index (χ0) is 15.6. The molecule has 0 heterocycles. The molecule has 2 unspecified atom stereocenters. The molecule has 2 atom stereocenters. The summed E-state index contributed by atoms with van der Waals surface area (Å²) in [4.78, 5) is 23.7. The summed E-state index contributed by atoms with van der Waals surface area (Å²) in [5.74, 6) is -2.96. The van der Waals surface area contributed by atoms with Crippen molar-refractivity contribution < 1.29 is 18.4 Å². The number of halogens is 2. The summed E-state index contributed by atoms with van der Waals surface area (Å²) in [6.07, 6.45) is 0.409. The summed E-state index contributed by atoms with van der Waals surface area (Å²) in [6.45, 7) is 4.49. The van der Waals surface area contributed by atoms with Crippen LogP contribution in [0.2, 0.25) is 0 Å². The Morgan fingerprint density at radius 2 is 1.76 bits per heavy atom. The van der Waals surface area contributed by atoms with Gasteiger partial charge in [0, 0.05) is 6.54 Å². The van der Waals surface area contributed by atoms with Gasteiger partial charge in [-0.15, -0.1) is 0 Å². The maximum Gasteiger partial charge on any atom is 0.228 e. The Labute approximate surface area is 121 Å².